The molecule has 0 radical (unpaired) electrons. The molecule has 2 rings (SSSR count). The van der Waals surface area contributed by atoms with Crippen molar-refractivity contribution in [1.82, 2.24) is 0 Å². The topological polar surface area (TPSA) is 24.8 Å². The van der Waals surface area contributed by atoms with Crippen molar-refractivity contribution in [2.75, 3.05) is 18.7 Å². The third-order valence-corrected chi connectivity index (χ3v) is 3.25. The fourth-order valence-electron chi connectivity index (χ4n) is 1.91. The van der Waals surface area contributed by atoms with Crippen molar-refractivity contribution in [1.29, 1.82) is 0 Å². The van der Waals surface area contributed by atoms with Crippen LogP contribution in [0, 0.1) is 0 Å². The molecule has 3 nitrogen and oxygen atoms in total. The number of halogens is 7. The van der Waals surface area contributed by atoms with Crippen LogP contribution in [0.5, 0.6) is 5.75 Å². The Labute approximate surface area is 131 Å². The van der Waals surface area contributed by atoms with Crippen molar-refractivity contribution in [2.45, 2.75) is 12.4 Å². The summed E-state index contributed by atoms with van der Waals surface area (Å²) in [5.41, 5.74) is -2.11. The monoisotopic (exact) mass is 358 g/mol. The second kappa shape index (κ2) is 5.95. The average Bonchev–Trinajstić information content (AvgIpc) is 2.44. The number of ether oxygens (including phenoxy) is 1. The first-order valence-corrected chi connectivity index (χ1v) is 6.43. The quantitative estimate of drug-likeness (QED) is 0.718. The lowest BCUT2D eigenvalue weighted by atomic mass is 10.1. The van der Waals surface area contributed by atoms with Gasteiger partial charge >= 0.3 is 12.4 Å². The van der Waals surface area contributed by atoms with Crippen LogP contribution in [0.4, 0.5) is 32.0 Å². The lowest BCUT2D eigenvalue weighted by Crippen LogP contribution is -2.29. The largest absolute Gasteiger partial charge is 0.494 e. The summed E-state index contributed by atoms with van der Waals surface area (Å²) in [6.07, 6.45) is -7.49. The molecule has 1 heterocycles. The van der Waals surface area contributed by atoms with Gasteiger partial charge in [-0.05, 0) is 18.2 Å². The Morgan fingerprint density at radius 1 is 1.13 bits per heavy atom. The second-order valence-corrected chi connectivity index (χ2v) is 4.88. The third-order valence-electron chi connectivity index (χ3n) is 2.96. The van der Waals surface area contributed by atoms with Crippen LogP contribution in [0.1, 0.15) is 5.56 Å². The van der Waals surface area contributed by atoms with E-state index in [0.29, 0.717) is 12.1 Å². The number of aliphatic imine (C=N–C) groups is 1. The van der Waals surface area contributed by atoms with Crippen molar-refractivity contribution in [3.63, 3.8) is 0 Å². The van der Waals surface area contributed by atoms with Crippen LogP contribution in [0.25, 0.3) is 0 Å². The van der Waals surface area contributed by atoms with E-state index >= 15 is 0 Å². The molecule has 0 atom stereocenters. The van der Waals surface area contributed by atoms with Crippen LogP contribution in [0.15, 0.2) is 29.4 Å². The van der Waals surface area contributed by atoms with E-state index in [1.165, 1.54) is 0 Å². The molecule has 1 aliphatic heterocycles. The Hall–Kier alpha value is -1.90. The molecule has 1 aromatic carbocycles. The smallest absolute Gasteiger partial charge is 0.433 e. The number of anilines is 1. The Bertz CT molecular complexity index is 666. The van der Waals surface area contributed by atoms with E-state index in [2.05, 4.69) is 4.99 Å². The van der Waals surface area contributed by atoms with Crippen molar-refractivity contribution in [3.05, 3.63) is 35.0 Å². The zero-order valence-electron chi connectivity index (χ0n) is 11.5. The molecule has 1 aromatic rings. The van der Waals surface area contributed by atoms with Crippen LogP contribution in [-0.2, 0) is 6.18 Å². The molecular weight excluding hydrogens is 350 g/mol. The molecule has 0 N–H and O–H groups in total. The minimum atomic E-state index is -4.63. The first kappa shape index (κ1) is 17.5. The summed E-state index contributed by atoms with van der Waals surface area (Å²) in [4.78, 5) is 4.50. The van der Waals surface area contributed by atoms with Crippen LogP contribution in [-0.4, -0.2) is 25.7 Å². The maximum atomic E-state index is 12.8. The van der Waals surface area contributed by atoms with Gasteiger partial charge < -0.3 is 9.64 Å². The highest BCUT2D eigenvalue weighted by molar-refractivity contribution is 6.33. The minimum absolute atomic E-state index is 0.00314. The highest BCUT2D eigenvalue weighted by Crippen LogP contribution is 2.42. The average molecular weight is 359 g/mol. The predicted molar refractivity (Wildman–Crippen MR) is 73.0 cm³/mol. The lowest BCUT2D eigenvalue weighted by Gasteiger charge is -2.26. The van der Waals surface area contributed by atoms with Gasteiger partial charge in [-0.1, -0.05) is 11.6 Å². The van der Waals surface area contributed by atoms with Gasteiger partial charge in [0.05, 0.1) is 17.7 Å². The summed E-state index contributed by atoms with van der Waals surface area (Å²) in [6.45, 7) is -0.452. The normalized spacial score (nSPS) is 15.7. The molecule has 10 heteroatoms. The summed E-state index contributed by atoms with van der Waals surface area (Å²) < 4.78 is 80.6. The van der Waals surface area contributed by atoms with E-state index in [0.717, 1.165) is 24.3 Å². The van der Waals surface area contributed by atoms with Gasteiger partial charge in [-0.3, -0.25) is 4.99 Å². The van der Waals surface area contributed by atoms with Gasteiger partial charge in [-0.15, -0.1) is 0 Å². The van der Waals surface area contributed by atoms with Crippen LogP contribution in [0.3, 0.4) is 0 Å². The number of allylic oxidation sites excluding steroid dienone is 1. The zero-order valence-corrected chi connectivity index (χ0v) is 12.2. The Morgan fingerprint density at radius 2 is 1.78 bits per heavy atom. The summed E-state index contributed by atoms with van der Waals surface area (Å²) in [5.74, 6) is -0.222. The predicted octanol–water partition coefficient (Wildman–Crippen LogP) is 4.66. The number of nitrogens with zero attached hydrogens (tertiary/aromatic N) is 2. The third kappa shape index (κ3) is 3.72. The molecule has 0 spiro atoms. The second-order valence-electron chi connectivity index (χ2n) is 4.47. The molecule has 0 aliphatic carbocycles. The number of methoxy groups -OCH3 is 1. The number of hydrogen-bond donors (Lipinski definition) is 0. The first-order chi connectivity index (χ1) is 10.5. The molecule has 0 saturated heterocycles. The van der Waals surface area contributed by atoms with Gasteiger partial charge in [0.2, 0.25) is 0 Å². The van der Waals surface area contributed by atoms with E-state index < -0.39 is 30.3 Å². The highest BCUT2D eigenvalue weighted by Gasteiger charge is 2.36. The van der Waals surface area contributed by atoms with Gasteiger partial charge in [0.25, 0.3) is 0 Å². The first-order valence-electron chi connectivity index (χ1n) is 6.05. The van der Waals surface area contributed by atoms with Crippen molar-refractivity contribution >= 4 is 23.0 Å². The Balaban J connectivity index is 2.39. The molecule has 1 aliphatic rings. The van der Waals surface area contributed by atoms with E-state index in [1.807, 2.05) is 0 Å². The fraction of sp³-hybridized carbons (Fsp3) is 0.308. The van der Waals surface area contributed by atoms with E-state index in [4.69, 9.17) is 16.3 Å². The Morgan fingerprint density at radius 3 is 2.22 bits per heavy atom. The zero-order chi connectivity index (χ0) is 17.4. The Kier molecular flexibility index (Phi) is 4.52. The fourth-order valence-corrected chi connectivity index (χ4v) is 2.23. The SMILES string of the molecule is COc1cc(C(F)(F)F)cc(Cl)c1N1C=CC(C(F)(F)F)=NC1. The highest BCUT2D eigenvalue weighted by atomic mass is 35.5. The van der Waals surface area contributed by atoms with Gasteiger partial charge in [-0.25, -0.2) is 0 Å². The molecule has 126 valence electrons. The van der Waals surface area contributed by atoms with E-state index in [9.17, 15) is 26.3 Å². The summed E-state index contributed by atoms with van der Waals surface area (Å²) in [5, 5.41) is -0.313. The van der Waals surface area contributed by atoms with Gasteiger partial charge in [-0.2, -0.15) is 26.3 Å². The van der Waals surface area contributed by atoms with E-state index in [-0.39, 0.29) is 16.5 Å². The number of benzene rings is 1. The molecule has 0 unspecified atom stereocenters. The minimum Gasteiger partial charge on any atom is -0.494 e. The summed E-state index contributed by atoms with van der Waals surface area (Å²) in [7, 11) is 1.13. The van der Waals surface area contributed by atoms with Crippen molar-refractivity contribution in [2.24, 2.45) is 4.99 Å². The molecule has 0 fully saturated rings. The van der Waals surface area contributed by atoms with Crippen LogP contribution >= 0.6 is 11.6 Å². The molecule has 23 heavy (non-hydrogen) atoms. The maximum Gasteiger partial charge on any atom is 0.433 e. The lowest BCUT2D eigenvalue weighted by molar-refractivity contribution is -0.137. The standard InChI is InChI=1S/C13H9ClF6N2O/c1-23-9-5-7(12(15,16)17)4-8(14)11(9)22-3-2-10(21-6-22)13(18,19)20/h2-5H,6H2,1H3. The maximum absolute atomic E-state index is 12.8. The van der Waals surface area contributed by atoms with Crippen molar-refractivity contribution < 1.29 is 31.1 Å². The van der Waals surface area contributed by atoms with E-state index in [1.54, 1.807) is 0 Å². The molecule has 0 saturated carbocycles. The summed E-state index contributed by atoms with van der Waals surface area (Å²) >= 11 is 5.85. The van der Waals surface area contributed by atoms with Gasteiger partial charge in [0, 0.05) is 6.20 Å². The van der Waals surface area contributed by atoms with Crippen LogP contribution < -0.4 is 9.64 Å². The van der Waals surface area contributed by atoms with Gasteiger partial charge in [0.15, 0.2) is 0 Å². The number of hydrogen-bond acceptors (Lipinski definition) is 3. The summed E-state index contributed by atoms with van der Waals surface area (Å²) in [6, 6.07) is 1.40. The number of rotatable bonds is 2. The van der Waals surface area contributed by atoms with Crippen molar-refractivity contribution in [3.8, 4) is 5.75 Å². The molecular formula is C13H9ClF6N2O. The van der Waals surface area contributed by atoms with Gasteiger partial charge in [0.1, 0.15) is 23.8 Å². The van der Waals surface area contributed by atoms with Crippen LogP contribution in [0.2, 0.25) is 5.02 Å². The molecule has 0 bridgehead atoms. The molecule has 0 amide bonds. The number of alkyl halides is 6. The molecule has 0 aromatic heterocycles.